The van der Waals surface area contributed by atoms with Crippen molar-refractivity contribution < 1.29 is 4.74 Å². The van der Waals surface area contributed by atoms with Crippen molar-refractivity contribution in [3.8, 4) is 0 Å². The summed E-state index contributed by atoms with van der Waals surface area (Å²) in [5, 5.41) is 0.752. The molecule has 1 aliphatic rings. The fourth-order valence-electron chi connectivity index (χ4n) is 1.81. The second-order valence-electron chi connectivity index (χ2n) is 3.88. The Morgan fingerprint density at radius 3 is 2.75 bits per heavy atom. The maximum Gasteiger partial charge on any atom is 0.100 e. The fourth-order valence-corrected chi connectivity index (χ4v) is 2.11. The standard InChI is InChI=1S/C12H14ClNOS/c1-9(16)14-6-7-15-12(8-14)10-2-4-11(13)5-3-10/h2-5,12H,6-8H2,1H3. The Morgan fingerprint density at radius 1 is 1.44 bits per heavy atom. The Balaban J connectivity index is 2.09. The maximum absolute atomic E-state index is 5.86. The van der Waals surface area contributed by atoms with Crippen LogP contribution in [-0.2, 0) is 4.74 Å². The summed E-state index contributed by atoms with van der Waals surface area (Å²) in [6.07, 6.45) is 0.101. The molecule has 4 heteroatoms. The van der Waals surface area contributed by atoms with Crippen LogP contribution >= 0.6 is 23.8 Å². The third-order valence-electron chi connectivity index (χ3n) is 2.75. The molecular weight excluding hydrogens is 242 g/mol. The number of hydrogen-bond acceptors (Lipinski definition) is 2. The van der Waals surface area contributed by atoms with E-state index in [2.05, 4.69) is 4.90 Å². The second-order valence-corrected chi connectivity index (χ2v) is 4.90. The minimum Gasteiger partial charge on any atom is -0.370 e. The Bertz CT molecular complexity index is 379. The molecule has 2 nitrogen and oxygen atoms in total. The van der Waals surface area contributed by atoms with Crippen molar-refractivity contribution in [1.29, 1.82) is 0 Å². The van der Waals surface area contributed by atoms with E-state index >= 15 is 0 Å². The van der Waals surface area contributed by atoms with Crippen LogP contribution in [-0.4, -0.2) is 29.6 Å². The normalized spacial score (nSPS) is 20.9. The maximum atomic E-state index is 5.86. The summed E-state index contributed by atoms with van der Waals surface area (Å²) in [6, 6.07) is 7.80. The quantitative estimate of drug-likeness (QED) is 0.716. The molecule has 0 amide bonds. The van der Waals surface area contributed by atoms with Crippen LogP contribution in [0.4, 0.5) is 0 Å². The first-order valence-electron chi connectivity index (χ1n) is 5.29. The fraction of sp³-hybridized carbons (Fsp3) is 0.417. The summed E-state index contributed by atoms with van der Waals surface area (Å²) in [4.78, 5) is 3.11. The molecule has 2 rings (SSSR count). The van der Waals surface area contributed by atoms with E-state index in [0.29, 0.717) is 0 Å². The predicted molar refractivity (Wildman–Crippen MR) is 70.0 cm³/mol. The molecule has 1 aromatic carbocycles. The van der Waals surface area contributed by atoms with Gasteiger partial charge >= 0.3 is 0 Å². The number of halogens is 1. The zero-order chi connectivity index (χ0) is 11.5. The first-order chi connectivity index (χ1) is 7.66. The van der Waals surface area contributed by atoms with E-state index < -0.39 is 0 Å². The van der Waals surface area contributed by atoms with Gasteiger partial charge in [0.15, 0.2) is 0 Å². The van der Waals surface area contributed by atoms with Gasteiger partial charge in [0.25, 0.3) is 0 Å². The van der Waals surface area contributed by atoms with E-state index in [1.807, 2.05) is 31.2 Å². The van der Waals surface area contributed by atoms with Crippen LogP contribution in [0.5, 0.6) is 0 Å². The number of thiocarbonyl (C=S) groups is 1. The molecule has 1 heterocycles. The van der Waals surface area contributed by atoms with Crippen LogP contribution in [0.2, 0.25) is 5.02 Å². The van der Waals surface area contributed by atoms with Crippen molar-refractivity contribution in [1.82, 2.24) is 4.90 Å². The van der Waals surface area contributed by atoms with E-state index in [9.17, 15) is 0 Å². The van der Waals surface area contributed by atoms with Gasteiger partial charge in [-0.25, -0.2) is 0 Å². The number of nitrogens with zero attached hydrogens (tertiary/aromatic N) is 1. The highest BCUT2D eigenvalue weighted by atomic mass is 35.5. The van der Waals surface area contributed by atoms with Crippen LogP contribution in [0.25, 0.3) is 0 Å². The number of ether oxygens (including phenoxy) is 1. The number of morpholine rings is 1. The van der Waals surface area contributed by atoms with Crippen molar-refractivity contribution in [2.24, 2.45) is 0 Å². The lowest BCUT2D eigenvalue weighted by molar-refractivity contribution is -0.00628. The minimum absolute atomic E-state index is 0.101. The third kappa shape index (κ3) is 2.73. The summed E-state index contributed by atoms with van der Waals surface area (Å²) in [6.45, 7) is 4.40. The van der Waals surface area contributed by atoms with Crippen LogP contribution < -0.4 is 0 Å². The number of benzene rings is 1. The van der Waals surface area contributed by atoms with Gasteiger partial charge in [-0.15, -0.1) is 0 Å². The molecule has 1 aromatic rings. The summed E-state index contributed by atoms with van der Waals surface area (Å²) < 4.78 is 5.74. The van der Waals surface area contributed by atoms with Gasteiger partial charge in [0.2, 0.25) is 0 Å². The van der Waals surface area contributed by atoms with Gasteiger partial charge < -0.3 is 9.64 Å². The Labute approximate surface area is 106 Å². The highest BCUT2D eigenvalue weighted by molar-refractivity contribution is 7.80. The molecule has 0 saturated carbocycles. The first-order valence-corrected chi connectivity index (χ1v) is 6.08. The summed E-state index contributed by atoms with van der Waals surface area (Å²) in [5.41, 5.74) is 1.16. The molecule has 0 aliphatic carbocycles. The summed E-state index contributed by atoms with van der Waals surface area (Å²) >= 11 is 11.0. The van der Waals surface area contributed by atoms with Crippen LogP contribution in [0.3, 0.4) is 0 Å². The second kappa shape index (κ2) is 5.13. The molecule has 0 aromatic heterocycles. The zero-order valence-electron chi connectivity index (χ0n) is 9.15. The molecule has 1 aliphatic heterocycles. The van der Waals surface area contributed by atoms with Gasteiger partial charge in [0.1, 0.15) is 6.10 Å². The van der Waals surface area contributed by atoms with Crippen molar-refractivity contribution >= 4 is 28.8 Å². The van der Waals surface area contributed by atoms with E-state index in [1.165, 1.54) is 0 Å². The lowest BCUT2D eigenvalue weighted by Crippen LogP contribution is -2.40. The molecule has 0 radical (unpaired) electrons. The lowest BCUT2D eigenvalue weighted by Gasteiger charge is -2.34. The number of hydrogen-bond donors (Lipinski definition) is 0. The topological polar surface area (TPSA) is 12.5 Å². The van der Waals surface area contributed by atoms with Crippen LogP contribution in [0.1, 0.15) is 18.6 Å². The van der Waals surface area contributed by atoms with Gasteiger partial charge in [0.05, 0.1) is 11.6 Å². The average Bonchev–Trinajstić information content (AvgIpc) is 2.30. The van der Waals surface area contributed by atoms with Gasteiger partial charge in [-0.2, -0.15) is 0 Å². The van der Waals surface area contributed by atoms with Gasteiger partial charge in [-0.05, 0) is 24.6 Å². The molecular formula is C12H14ClNOS. The van der Waals surface area contributed by atoms with Crippen molar-refractivity contribution in [3.63, 3.8) is 0 Å². The molecule has 0 N–H and O–H groups in total. The third-order valence-corrected chi connectivity index (χ3v) is 3.26. The van der Waals surface area contributed by atoms with Gasteiger partial charge in [-0.3, -0.25) is 0 Å². The molecule has 0 bridgehead atoms. The molecule has 86 valence electrons. The molecule has 1 unspecified atom stereocenters. The highest BCUT2D eigenvalue weighted by Crippen LogP contribution is 2.23. The van der Waals surface area contributed by atoms with Gasteiger partial charge in [-0.1, -0.05) is 36.0 Å². The van der Waals surface area contributed by atoms with E-state index in [4.69, 9.17) is 28.6 Å². The monoisotopic (exact) mass is 255 g/mol. The molecule has 1 fully saturated rings. The van der Waals surface area contributed by atoms with Crippen LogP contribution in [0, 0.1) is 0 Å². The minimum atomic E-state index is 0.101. The molecule has 1 atom stereocenters. The molecule has 1 saturated heterocycles. The summed E-state index contributed by atoms with van der Waals surface area (Å²) in [7, 11) is 0. The summed E-state index contributed by atoms with van der Waals surface area (Å²) in [5.74, 6) is 0. The van der Waals surface area contributed by atoms with E-state index in [0.717, 1.165) is 35.3 Å². The highest BCUT2D eigenvalue weighted by Gasteiger charge is 2.21. The Morgan fingerprint density at radius 2 is 2.12 bits per heavy atom. The SMILES string of the molecule is CC(=S)N1CCOC(c2ccc(Cl)cc2)C1. The smallest absolute Gasteiger partial charge is 0.100 e. The molecule has 0 spiro atoms. The molecule has 16 heavy (non-hydrogen) atoms. The Kier molecular flexibility index (Phi) is 3.79. The first kappa shape index (κ1) is 11.8. The van der Waals surface area contributed by atoms with Gasteiger partial charge in [0, 0.05) is 18.1 Å². The lowest BCUT2D eigenvalue weighted by atomic mass is 10.1. The van der Waals surface area contributed by atoms with E-state index in [-0.39, 0.29) is 6.10 Å². The van der Waals surface area contributed by atoms with Crippen molar-refractivity contribution in [2.75, 3.05) is 19.7 Å². The number of rotatable bonds is 1. The van der Waals surface area contributed by atoms with Crippen molar-refractivity contribution in [2.45, 2.75) is 13.0 Å². The largest absolute Gasteiger partial charge is 0.370 e. The van der Waals surface area contributed by atoms with E-state index in [1.54, 1.807) is 0 Å². The van der Waals surface area contributed by atoms with Crippen LogP contribution in [0.15, 0.2) is 24.3 Å². The Hall–Kier alpha value is -0.640. The average molecular weight is 256 g/mol. The van der Waals surface area contributed by atoms with Crippen molar-refractivity contribution in [3.05, 3.63) is 34.9 Å². The zero-order valence-corrected chi connectivity index (χ0v) is 10.7. The predicted octanol–water partition coefficient (Wildman–Crippen LogP) is 3.06.